The zero-order chi connectivity index (χ0) is 16.4. The van der Waals surface area contributed by atoms with E-state index >= 15 is 0 Å². The third-order valence-electron chi connectivity index (χ3n) is 4.75. The summed E-state index contributed by atoms with van der Waals surface area (Å²) in [7, 11) is 0. The average molecular weight is 310 g/mol. The Morgan fingerprint density at radius 3 is 2.83 bits per heavy atom. The van der Waals surface area contributed by atoms with E-state index in [4.69, 9.17) is 0 Å². The van der Waals surface area contributed by atoms with Crippen molar-refractivity contribution in [3.8, 4) is 0 Å². The van der Waals surface area contributed by atoms with Crippen molar-refractivity contribution >= 4 is 5.69 Å². The van der Waals surface area contributed by atoms with E-state index < -0.39 is 0 Å². The van der Waals surface area contributed by atoms with Gasteiger partial charge in [0.05, 0.1) is 4.92 Å². The first-order valence-corrected chi connectivity index (χ1v) is 8.15. The molecular weight excluding hydrogens is 288 g/mol. The maximum atomic E-state index is 11.1. The third kappa shape index (κ3) is 3.27. The van der Waals surface area contributed by atoms with Crippen molar-refractivity contribution in [2.24, 2.45) is 0 Å². The highest BCUT2D eigenvalue weighted by Gasteiger charge is 2.22. The first-order chi connectivity index (χ1) is 11.1. The molecule has 4 nitrogen and oxygen atoms in total. The third-order valence-corrected chi connectivity index (χ3v) is 4.75. The molecule has 2 atom stereocenters. The van der Waals surface area contributed by atoms with Crippen LogP contribution in [0, 0.1) is 17.0 Å². The van der Waals surface area contributed by atoms with E-state index in [0.717, 1.165) is 18.4 Å². The Labute approximate surface area is 136 Å². The normalized spacial score (nSPS) is 18.3. The van der Waals surface area contributed by atoms with Crippen molar-refractivity contribution in [3.63, 3.8) is 0 Å². The van der Waals surface area contributed by atoms with Crippen molar-refractivity contribution in [2.45, 2.75) is 45.2 Å². The maximum absolute atomic E-state index is 11.1. The van der Waals surface area contributed by atoms with Crippen LogP contribution in [-0.4, -0.2) is 4.92 Å². The molecule has 1 aliphatic rings. The number of nitro benzene ring substituents is 1. The molecule has 0 bridgehead atoms. The van der Waals surface area contributed by atoms with Gasteiger partial charge >= 0.3 is 0 Å². The number of nitrogens with zero attached hydrogens (tertiary/aromatic N) is 1. The van der Waals surface area contributed by atoms with Gasteiger partial charge in [-0.3, -0.25) is 10.1 Å². The SMILES string of the molecule is Cc1ccc(C(C)NC2CCCc3ccccc32)cc1[N+](=O)[O-]. The molecule has 0 aliphatic heterocycles. The molecule has 3 rings (SSSR count). The highest BCUT2D eigenvalue weighted by Crippen LogP contribution is 2.32. The number of benzene rings is 2. The van der Waals surface area contributed by atoms with Crippen LogP contribution >= 0.6 is 0 Å². The van der Waals surface area contributed by atoms with Gasteiger partial charge in [0.1, 0.15) is 0 Å². The second kappa shape index (κ2) is 6.50. The van der Waals surface area contributed by atoms with E-state index in [1.165, 1.54) is 17.5 Å². The highest BCUT2D eigenvalue weighted by molar-refractivity contribution is 5.43. The summed E-state index contributed by atoms with van der Waals surface area (Å²) >= 11 is 0. The van der Waals surface area contributed by atoms with Crippen LogP contribution in [0.25, 0.3) is 0 Å². The van der Waals surface area contributed by atoms with Crippen molar-refractivity contribution in [2.75, 3.05) is 0 Å². The Hall–Kier alpha value is -2.20. The number of rotatable bonds is 4. The first kappa shape index (κ1) is 15.7. The van der Waals surface area contributed by atoms with Crippen LogP contribution in [0.5, 0.6) is 0 Å². The summed E-state index contributed by atoms with van der Waals surface area (Å²) in [6, 6.07) is 14.5. The van der Waals surface area contributed by atoms with E-state index in [2.05, 4.69) is 36.5 Å². The fraction of sp³-hybridized carbons (Fsp3) is 0.368. The summed E-state index contributed by atoms with van der Waals surface area (Å²) in [5.41, 5.74) is 4.64. The monoisotopic (exact) mass is 310 g/mol. The van der Waals surface area contributed by atoms with Gasteiger partial charge in [0.2, 0.25) is 0 Å². The minimum atomic E-state index is -0.304. The smallest absolute Gasteiger partial charge is 0.272 e. The minimum absolute atomic E-state index is 0.0745. The van der Waals surface area contributed by atoms with Gasteiger partial charge in [-0.25, -0.2) is 0 Å². The Kier molecular flexibility index (Phi) is 4.44. The summed E-state index contributed by atoms with van der Waals surface area (Å²) in [4.78, 5) is 10.8. The number of aryl methyl sites for hydroxylation is 2. The van der Waals surface area contributed by atoms with Gasteiger partial charge in [-0.05, 0) is 49.8 Å². The van der Waals surface area contributed by atoms with Gasteiger partial charge in [0.25, 0.3) is 5.69 Å². The van der Waals surface area contributed by atoms with Crippen LogP contribution in [-0.2, 0) is 6.42 Å². The van der Waals surface area contributed by atoms with Crippen molar-refractivity contribution in [3.05, 3.63) is 74.8 Å². The molecule has 1 N–H and O–H groups in total. The number of nitro groups is 1. The zero-order valence-corrected chi connectivity index (χ0v) is 13.6. The Morgan fingerprint density at radius 1 is 1.26 bits per heavy atom. The number of nitrogens with one attached hydrogen (secondary N) is 1. The standard InChI is InChI=1S/C19H22N2O2/c1-13-10-11-16(12-19(13)21(22)23)14(2)20-18-9-5-7-15-6-3-4-8-17(15)18/h3-4,6,8,10-12,14,18,20H,5,7,9H2,1-2H3. The fourth-order valence-corrected chi connectivity index (χ4v) is 3.42. The second-order valence-corrected chi connectivity index (χ2v) is 6.34. The van der Waals surface area contributed by atoms with Gasteiger partial charge in [0, 0.05) is 23.7 Å². The van der Waals surface area contributed by atoms with E-state index in [-0.39, 0.29) is 16.7 Å². The van der Waals surface area contributed by atoms with Gasteiger partial charge in [-0.2, -0.15) is 0 Å². The van der Waals surface area contributed by atoms with Crippen LogP contribution in [0.4, 0.5) is 5.69 Å². The summed E-state index contributed by atoms with van der Waals surface area (Å²) < 4.78 is 0. The number of hydrogen-bond donors (Lipinski definition) is 1. The van der Waals surface area contributed by atoms with Crippen molar-refractivity contribution in [1.82, 2.24) is 5.32 Å². The Bertz CT molecular complexity index is 727. The van der Waals surface area contributed by atoms with E-state index in [9.17, 15) is 10.1 Å². The lowest BCUT2D eigenvalue weighted by atomic mass is 9.87. The molecule has 120 valence electrons. The van der Waals surface area contributed by atoms with Crippen LogP contribution < -0.4 is 5.32 Å². The van der Waals surface area contributed by atoms with E-state index in [1.807, 2.05) is 12.1 Å². The highest BCUT2D eigenvalue weighted by atomic mass is 16.6. The van der Waals surface area contributed by atoms with Crippen LogP contribution in [0.1, 0.15) is 54.1 Å². The summed E-state index contributed by atoms with van der Waals surface area (Å²) in [5.74, 6) is 0. The molecule has 4 heteroatoms. The van der Waals surface area contributed by atoms with Crippen LogP contribution in [0.15, 0.2) is 42.5 Å². The molecule has 0 spiro atoms. The van der Waals surface area contributed by atoms with Gasteiger partial charge in [-0.15, -0.1) is 0 Å². The first-order valence-electron chi connectivity index (χ1n) is 8.15. The molecule has 2 unspecified atom stereocenters. The van der Waals surface area contributed by atoms with Gasteiger partial charge < -0.3 is 5.32 Å². The summed E-state index contributed by atoms with van der Waals surface area (Å²) in [6.07, 6.45) is 3.42. The molecule has 0 radical (unpaired) electrons. The zero-order valence-electron chi connectivity index (χ0n) is 13.6. The molecule has 1 aliphatic carbocycles. The lowest BCUT2D eigenvalue weighted by molar-refractivity contribution is -0.385. The van der Waals surface area contributed by atoms with Crippen LogP contribution in [0.3, 0.4) is 0 Å². The molecule has 0 aromatic heterocycles. The summed E-state index contributed by atoms with van der Waals surface area (Å²) in [6.45, 7) is 3.85. The van der Waals surface area contributed by atoms with Gasteiger partial charge in [-0.1, -0.05) is 36.4 Å². The quantitative estimate of drug-likeness (QED) is 0.661. The molecule has 0 fully saturated rings. The van der Waals surface area contributed by atoms with E-state index in [1.54, 1.807) is 13.0 Å². The molecule has 23 heavy (non-hydrogen) atoms. The predicted molar refractivity (Wildman–Crippen MR) is 91.5 cm³/mol. The Morgan fingerprint density at radius 2 is 2.04 bits per heavy atom. The van der Waals surface area contributed by atoms with Gasteiger partial charge in [0.15, 0.2) is 0 Å². The molecular formula is C19H22N2O2. The minimum Gasteiger partial charge on any atom is -0.303 e. The predicted octanol–water partition coefficient (Wildman–Crippen LogP) is 4.63. The lowest BCUT2D eigenvalue weighted by Gasteiger charge is -2.29. The topological polar surface area (TPSA) is 55.2 Å². The van der Waals surface area contributed by atoms with E-state index in [0.29, 0.717) is 11.6 Å². The maximum Gasteiger partial charge on any atom is 0.272 e. The second-order valence-electron chi connectivity index (χ2n) is 6.34. The lowest BCUT2D eigenvalue weighted by Crippen LogP contribution is -2.27. The molecule has 2 aromatic rings. The van der Waals surface area contributed by atoms with Crippen molar-refractivity contribution in [1.29, 1.82) is 0 Å². The van der Waals surface area contributed by atoms with Crippen molar-refractivity contribution < 1.29 is 4.92 Å². The molecule has 0 amide bonds. The largest absolute Gasteiger partial charge is 0.303 e. The molecule has 0 heterocycles. The Balaban J connectivity index is 1.82. The average Bonchev–Trinajstić information content (AvgIpc) is 2.55. The van der Waals surface area contributed by atoms with Crippen LogP contribution in [0.2, 0.25) is 0 Å². The summed E-state index contributed by atoms with van der Waals surface area (Å²) in [5, 5.41) is 14.8. The molecule has 2 aromatic carbocycles. The molecule has 0 saturated heterocycles. The molecule has 0 saturated carbocycles. The number of fused-ring (bicyclic) bond motifs is 1. The number of hydrogen-bond acceptors (Lipinski definition) is 3. The fourth-order valence-electron chi connectivity index (χ4n) is 3.42.